The molecule has 0 unspecified atom stereocenters. The topological polar surface area (TPSA) is 9.86 Å². The Morgan fingerprint density at radius 1 is 0.246 bits per heavy atom. The van der Waals surface area contributed by atoms with Gasteiger partial charge in [0.1, 0.15) is 0 Å². The van der Waals surface area contributed by atoms with Crippen LogP contribution in [-0.2, 0) is 0 Å². The first-order valence-electron chi connectivity index (χ1n) is 19.4. The van der Waals surface area contributed by atoms with Crippen LogP contribution in [0.5, 0.6) is 0 Å². The maximum Gasteiger partial charge on any atom is 0.0547 e. The van der Waals surface area contributed by atoms with Crippen LogP contribution in [0.1, 0.15) is 0 Å². The third-order valence-corrected chi connectivity index (χ3v) is 11.8. The first-order valence-corrected chi connectivity index (χ1v) is 20.2. The van der Waals surface area contributed by atoms with Crippen LogP contribution in [-0.4, -0.2) is 9.13 Å². The fourth-order valence-corrected chi connectivity index (χ4v) is 9.14. The smallest absolute Gasteiger partial charge is 0.0547 e. The number of para-hydroxylation sites is 4. The molecule has 11 rings (SSSR count). The zero-order chi connectivity index (χ0) is 37.9. The van der Waals surface area contributed by atoms with Crippen LogP contribution in [0.4, 0.5) is 0 Å². The maximum atomic E-state index is 3.83. The fraction of sp³-hybridized carbons (Fsp3) is 0. The van der Waals surface area contributed by atoms with Crippen LogP contribution in [0.25, 0.3) is 99.5 Å². The molecule has 0 fully saturated rings. The zero-order valence-corrected chi connectivity index (χ0v) is 32.6. The number of benzene rings is 9. The highest BCUT2D eigenvalue weighted by Gasteiger charge is 2.15. The minimum Gasteiger partial charge on any atom is -0.309 e. The van der Waals surface area contributed by atoms with Crippen molar-refractivity contribution in [2.75, 3.05) is 0 Å². The van der Waals surface area contributed by atoms with E-state index in [-0.39, 0.29) is 0 Å². The van der Waals surface area contributed by atoms with Crippen LogP contribution in [0.3, 0.4) is 0 Å². The standard InChI is InChI=1S/C54H35BrN2/c55-44-32-42(38-23-19-36(20-24-38)40-27-29-49-47-15-7-9-17-51(47)56(53(49)34-40)45-11-3-1-4-12-45)31-43(33-44)39-25-21-37(22-26-39)41-28-30-50-48-16-8-10-18-52(48)57(54(50)35-41)46-13-5-2-6-14-46/h1-35H. The van der Waals surface area contributed by atoms with Gasteiger partial charge in [-0.3, -0.25) is 0 Å². The number of nitrogens with zero attached hydrogens (tertiary/aromatic N) is 2. The van der Waals surface area contributed by atoms with Gasteiger partial charge in [0.25, 0.3) is 0 Å². The Bertz CT molecular complexity index is 3050. The van der Waals surface area contributed by atoms with E-state index in [0.29, 0.717) is 0 Å². The second kappa shape index (κ2) is 13.7. The van der Waals surface area contributed by atoms with Crippen LogP contribution in [0.2, 0.25) is 0 Å². The molecule has 2 nitrogen and oxygen atoms in total. The molecule has 0 aliphatic heterocycles. The normalized spacial score (nSPS) is 11.6. The molecule has 3 heteroatoms. The number of hydrogen-bond acceptors (Lipinski definition) is 0. The summed E-state index contributed by atoms with van der Waals surface area (Å²) in [5.41, 5.74) is 16.7. The molecule has 0 spiro atoms. The highest BCUT2D eigenvalue weighted by Crippen LogP contribution is 2.38. The lowest BCUT2D eigenvalue weighted by Crippen LogP contribution is -1.93. The van der Waals surface area contributed by atoms with E-state index in [1.807, 2.05) is 0 Å². The van der Waals surface area contributed by atoms with Gasteiger partial charge in [0.15, 0.2) is 0 Å². The van der Waals surface area contributed by atoms with Crippen LogP contribution in [0, 0.1) is 0 Å². The molecule has 0 saturated carbocycles. The van der Waals surface area contributed by atoms with Crippen LogP contribution >= 0.6 is 15.9 Å². The third-order valence-electron chi connectivity index (χ3n) is 11.4. The van der Waals surface area contributed by atoms with E-state index in [2.05, 4.69) is 237 Å². The van der Waals surface area contributed by atoms with E-state index in [9.17, 15) is 0 Å². The molecule has 57 heavy (non-hydrogen) atoms. The largest absolute Gasteiger partial charge is 0.309 e. The van der Waals surface area contributed by atoms with E-state index < -0.39 is 0 Å². The predicted molar refractivity (Wildman–Crippen MR) is 245 cm³/mol. The second-order valence-electron chi connectivity index (χ2n) is 14.7. The third kappa shape index (κ3) is 5.78. The lowest BCUT2D eigenvalue weighted by atomic mass is 9.95. The van der Waals surface area contributed by atoms with Crippen molar-refractivity contribution >= 4 is 59.5 Å². The van der Waals surface area contributed by atoms with Gasteiger partial charge in [-0.15, -0.1) is 0 Å². The molecule has 0 aliphatic carbocycles. The summed E-state index contributed by atoms with van der Waals surface area (Å²) in [6, 6.07) is 77.0. The molecule has 0 aliphatic rings. The summed E-state index contributed by atoms with van der Waals surface area (Å²) >= 11 is 3.83. The molecule has 9 aromatic carbocycles. The van der Waals surface area contributed by atoms with Gasteiger partial charge in [0, 0.05) is 37.4 Å². The summed E-state index contributed by atoms with van der Waals surface area (Å²) in [7, 11) is 0. The summed E-state index contributed by atoms with van der Waals surface area (Å²) in [5, 5.41) is 5.06. The average molecular weight is 792 g/mol. The van der Waals surface area contributed by atoms with Gasteiger partial charge in [0.2, 0.25) is 0 Å². The average Bonchev–Trinajstić information content (AvgIpc) is 3.79. The first-order chi connectivity index (χ1) is 28.2. The van der Waals surface area contributed by atoms with Gasteiger partial charge in [-0.25, -0.2) is 0 Å². The second-order valence-corrected chi connectivity index (χ2v) is 15.6. The van der Waals surface area contributed by atoms with Crippen molar-refractivity contribution in [2.45, 2.75) is 0 Å². The Labute approximate surface area is 339 Å². The van der Waals surface area contributed by atoms with Crippen LogP contribution < -0.4 is 0 Å². The van der Waals surface area contributed by atoms with Gasteiger partial charge in [-0.1, -0.05) is 162 Å². The van der Waals surface area contributed by atoms with Crippen molar-refractivity contribution in [3.05, 3.63) is 217 Å². The Morgan fingerprint density at radius 2 is 0.579 bits per heavy atom. The Balaban J connectivity index is 0.907. The molecule has 0 N–H and O–H groups in total. The number of halogens is 1. The first kappa shape index (κ1) is 33.4. The van der Waals surface area contributed by atoms with Gasteiger partial charge < -0.3 is 9.13 Å². The van der Waals surface area contributed by atoms with E-state index in [1.54, 1.807) is 0 Å². The number of rotatable bonds is 6. The summed E-state index contributed by atoms with van der Waals surface area (Å²) in [6.45, 7) is 0. The molecular weight excluding hydrogens is 757 g/mol. The predicted octanol–water partition coefficient (Wildman–Crippen LogP) is 15.3. The Hall–Kier alpha value is -6.94. The molecule has 0 atom stereocenters. The van der Waals surface area contributed by atoms with Crippen molar-refractivity contribution in [3.8, 4) is 55.9 Å². The van der Waals surface area contributed by atoms with Gasteiger partial charge >= 0.3 is 0 Å². The van der Waals surface area contributed by atoms with Gasteiger partial charge in [-0.2, -0.15) is 0 Å². The number of aromatic nitrogens is 2. The lowest BCUT2D eigenvalue weighted by Gasteiger charge is -2.11. The van der Waals surface area contributed by atoms with Crippen LogP contribution in [0.15, 0.2) is 217 Å². The Kier molecular flexibility index (Phi) is 8.01. The SMILES string of the molecule is Brc1cc(-c2ccc(-c3ccc4c5ccccc5n(-c5ccccc5)c4c3)cc2)cc(-c2ccc(-c3ccc4c5ccccc5n(-c5ccccc5)c4c3)cc2)c1. The lowest BCUT2D eigenvalue weighted by molar-refractivity contribution is 1.18. The van der Waals surface area contributed by atoms with Crippen molar-refractivity contribution in [2.24, 2.45) is 0 Å². The molecule has 268 valence electrons. The zero-order valence-electron chi connectivity index (χ0n) is 31.0. The highest BCUT2D eigenvalue weighted by molar-refractivity contribution is 9.10. The summed E-state index contributed by atoms with van der Waals surface area (Å²) in [4.78, 5) is 0. The molecule has 0 amide bonds. The van der Waals surface area contributed by atoms with E-state index in [0.717, 1.165) is 4.47 Å². The van der Waals surface area contributed by atoms with E-state index >= 15 is 0 Å². The molecule has 0 radical (unpaired) electrons. The molecular formula is C54H35BrN2. The van der Waals surface area contributed by atoms with Crippen molar-refractivity contribution in [3.63, 3.8) is 0 Å². The summed E-state index contributed by atoms with van der Waals surface area (Å²) in [5.74, 6) is 0. The van der Waals surface area contributed by atoms with Gasteiger partial charge in [0.05, 0.1) is 22.1 Å². The quantitative estimate of drug-likeness (QED) is 0.159. The molecule has 2 aromatic heterocycles. The minimum absolute atomic E-state index is 1.06. The maximum absolute atomic E-state index is 3.83. The Morgan fingerprint density at radius 3 is 1.00 bits per heavy atom. The molecule has 0 bridgehead atoms. The highest BCUT2D eigenvalue weighted by atomic mass is 79.9. The molecule has 11 aromatic rings. The molecule has 2 heterocycles. The summed E-state index contributed by atoms with van der Waals surface area (Å²) in [6.07, 6.45) is 0. The van der Waals surface area contributed by atoms with Gasteiger partial charge in [-0.05, 0) is 111 Å². The van der Waals surface area contributed by atoms with Crippen molar-refractivity contribution in [1.82, 2.24) is 9.13 Å². The molecule has 0 saturated heterocycles. The minimum atomic E-state index is 1.06. The van der Waals surface area contributed by atoms with Crippen molar-refractivity contribution in [1.29, 1.82) is 0 Å². The van der Waals surface area contributed by atoms with Crippen molar-refractivity contribution < 1.29 is 0 Å². The number of hydrogen-bond donors (Lipinski definition) is 0. The summed E-state index contributed by atoms with van der Waals surface area (Å²) < 4.78 is 5.81. The monoisotopic (exact) mass is 790 g/mol. The fourth-order valence-electron chi connectivity index (χ4n) is 8.64. The van der Waals surface area contributed by atoms with E-state index in [4.69, 9.17) is 0 Å². The number of fused-ring (bicyclic) bond motifs is 6. The van der Waals surface area contributed by atoms with E-state index in [1.165, 1.54) is 99.5 Å².